The first-order valence-electron chi connectivity index (χ1n) is 11.1. The van der Waals surface area contributed by atoms with Crippen molar-refractivity contribution in [3.05, 3.63) is 59.8 Å². The van der Waals surface area contributed by atoms with Crippen molar-refractivity contribution in [2.45, 2.75) is 18.9 Å². The van der Waals surface area contributed by atoms with Gasteiger partial charge in [0, 0.05) is 48.1 Å². The number of hydrogen-bond acceptors (Lipinski definition) is 6. The molecule has 1 fully saturated rings. The lowest BCUT2D eigenvalue weighted by Crippen LogP contribution is -2.31. The zero-order valence-corrected chi connectivity index (χ0v) is 18.5. The zero-order chi connectivity index (χ0) is 22.2. The highest BCUT2D eigenvalue weighted by Gasteiger charge is 2.24. The minimum Gasteiger partial charge on any atom is -0.382 e. The van der Waals surface area contributed by atoms with Crippen LogP contribution in [0.3, 0.4) is 0 Å². The van der Waals surface area contributed by atoms with Gasteiger partial charge in [0.1, 0.15) is 11.5 Å². The zero-order valence-electron chi connectivity index (χ0n) is 18.5. The molecule has 3 N–H and O–H groups in total. The summed E-state index contributed by atoms with van der Waals surface area (Å²) in [6.45, 7) is 2.77. The summed E-state index contributed by atoms with van der Waals surface area (Å²) in [6.07, 6.45) is 3.70. The largest absolute Gasteiger partial charge is 0.382 e. The number of benzene rings is 2. The first kappa shape index (κ1) is 20.5. The molecule has 3 aromatic rings. The predicted molar refractivity (Wildman–Crippen MR) is 128 cm³/mol. The van der Waals surface area contributed by atoms with Gasteiger partial charge in [0.05, 0.1) is 11.9 Å². The van der Waals surface area contributed by atoms with E-state index in [-0.39, 0.29) is 5.91 Å². The summed E-state index contributed by atoms with van der Waals surface area (Å²) in [7, 11) is 4.29. The van der Waals surface area contributed by atoms with Crippen molar-refractivity contribution in [1.29, 1.82) is 0 Å². The van der Waals surface area contributed by atoms with Crippen LogP contribution in [0.4, 0.5) is 11.5 Å². The number of carbonyl (C=O) groups is 1. The maximum atomic E-state index is 12.0. The number of fused-ring (bicyclic) bond motifs is 1. The van der Waals surface area contributed by atoms with Gasteiger partial charge in [0.2, 0.25) is 0 Å². The Bertz CT molecular complexity index is 1160. The molecule has 0 bridgehead atoms. The monoisotopic (exact) mass is 428 g/mol. The molecule has 164 valence electrons. The van der Waals surface area contributed by atoms with Crippen LogP contribution in [0.5, 0.6) is 0 Å². The Morgan fingerprint density at radius 2 is 1.91 bits per heavy atom. The molecule has 0 radical (unpaired) electrons. The van der Waals surface area contributed by atoms with Gasteiger partial charge >= 0.3 is 0 Å². The third-order valence-corrected chi connectivity index (χ3v) is 6.53. The van der Waals surface area contributed by atoms with Gasteiger partial charge in [-0.1, -0.05) is 18.2 Å². The van der Waals surface area contributed by atoms with Gasteiger partial charge in [-0.25, -0.2) is 9.97 Å². The van der Waals surface area contributed by atoms with Crippen LogP contribution in [0.25, 0.3) is 22.5 Å². The van der Waals surface area contributed by atoms with E-state index in [0.717, 1.165) is 47.5 Å². The molecule has 1 aromatic heterocycles. The molecule has 2 aliphatic rings. The number of nitrogens with zero attached hydrogens (tertiary/aromatic N) is 4. The third-order valence-electron chi connectivity index (χ3n) is 6.53. The molecule has 2 aromatic carbocycles. The SMILES string of the molecule is CN(C)[C@H]1CCN(c2ccc(-c3cnc(N)c(-c4ccc5c(c4)CCNC5=O)n3)cc2)C1. The molecule has 0 aliphatic carbocycles. The van der Waals surface area contributed by atoms with Crippen LogP contribution in [0, 0.1) is 0 Å². The molecule has 1 amide bonds. The predicted octanol–water partition coefficient (Wildman–Crippen LogP) is 2.82. The summed E-state index contributed by atoms with van der Waals surface area (Å²) < 4.78 is 0. The van der Waals surface area contributed by atoms with Crippen LogP contribution in [-0.4, -0.2) is 60.5 Å². The number of nitrogen functional groups attached to an aromatic ring is 1. The fourth-order valence-electron chi connectivity index (χ4n) is 4.57. The minimum atomic E-state index is -0.0272. The molecule has 1 saturated heterocycles. The van der Waals surface area contributed by atoms with Gasteiger partial charge in [-0.3, -0.25) is 4.79 Å². The van der Waals surface area contributed by atoms with Gasteiger partial charge in [0.15, 0.2) is 0 Å². The van der Waals surface area contributed by atoms with Gasteiger partial charge in [-0.15, -0.1) is 0 Å². The first-order chi connectivity index (χ1) is 15.5. The molecular weight excluding hydrogens is 400 g/mol. The molecule has 0 unspecified atom stereocenters. The highest BCUT2D eigenvalue weighted by Crippen LogP contribution is 2.30. The molecule has 3 heterocycles. The Labute approximate surface area is 188 Å². The Kier molecular flexibility index (Phi) is 5.27. The molecule has 2 aliphatic heterocycles. The Morgan fingerprint density at radius 3 is 2.66 bits per heavy atom. The van der Waals surface area contributed by atoms with Crippen molar-refractivity contribution in [1.82, 2.24) is 20.2 Å². The smallest absolute Gasteiger partial charge is 0.251 e. The fourth-order valence-corrected chi connectivity index (χ4v) is 4.57. The number of anilines is 2. The first-order valence-corrected chi connectivity index (χ1v) is 11.1. The summed E-state index contributed by atoms with van der Waals surface area (Å²) in [5.41, 5.74) is 12.5. The Hall–Kier alpha value is -3.45. The number of aromatic nitrogens is 2. The normalized spacial score (nSPS) is 18.0. The van der Waals surface area contributed by atoms with Crippen LogP contribution >= 0.6 is 0 Å². The lowest BCUT2D eigenvalue weighted by Gasteiger charge is -2.22. The molecule has 0 saturated carbocycles. The second-order valence-electron chi connectivity index (χ2n) is 8.77. The Balaban J connectivity index is 1.41. The maximum absolute atomic E-state index is 12.0. The fraction of sp³-hybridized carbons (Fsp3) is 0.320. The van der Waals surface area contributed by atoms with Gasteiger partial charge in [-0.2, -0.15) is 0 Å². The number of nitrogens with one attached hydrogen (secondary N) is 1. The van der Waals surface area contributed by atoms with Crippen molar-refractivity contribution >= 4 is 17.4 Å². The van der Waals surface area contributed by atoms with Gasteiger partial charge < -0.3 is 20.9 Å². The molecule has 1 atom stereocenters. The highest BCUT2D eigenvalue weighted by molar-refractivity contribution is 5.97. The number of likely N-dealkylation sites (N-methyl/N-ethyl adjacent to an activating group) is 1. The van der Waals surface area contributed by atoms with E-state index < -0.39 is 0 Å². The van der Waals surface area contributed by atoms with Crippen molar-refractivity contribution in [2.75, 3.05) is 44.4 Å². The van der Waals surface area contributed by atoms with E-state index in [1.165, 1.54) is 12.1 Å². The molecule has 7 nitrogen and oxygen atoms in total. The maximum Gasteiger partial charge on any atom is 0.251 e. The molecule has 7 heteroatoms. The molecule has 32 heavy (non-hydrogen) atoms. The van der Waals surface area contributed by atoms with Crippen LogP contribution in [0.1, 0.15) is 22.3 Å². The van der Waals surface area contributed by atoms with Crippen LogP contribution in [0.15, 0.2) is 48.7 Å². The average Bonchev–Trinajstić information content (AvgIpc) is 3.30. The number of nitrogens with two attached hydrogens (primary N) is 1. The van der Waals surface area contributed by atoms with E-state index in [4.69, 9.17) is 10.7 Å². The van der Waals surface area contributed by atoms with E-state index in [9.17, 15) is 4.79 Å². The number of carbonyl (C=O) groups excluding carboxylic acids is 1. The van der Waals surface area contributed by atoms with Crippen LogP contribution < -0.4 is 16.0 Å². The lowest BCUT2D eigenvalue weighted by atomic mass is 9.96. The summed E-state index contributed by atoms with van der Waals surface area (Å²) >= 11 is 0. The highest BCUT2D eigenvalue weighted by atomic mass is 16.1. The number of rotatable bonds is 4. The second kappa shape index (κ2) is 8.24. The number of amides is 1. The van der Waals surface area contributed by atoms with Crippen molar-refractivity contribution in [3.63, 3.8) is 0 Å². The lowest BCUT2D eigenvalue weighted by molar-refractivity contribution is 0.0946. The van der Waals surface area contributed by atoms with Gasteiger partial charge in [0.25, 0.3) is 5.91 Å². The summed E-state index contributed by atoms with van der Waals surface area (Å²) in [6, 6.07) is 14.9. The summed E-state index contributed by atoms with van der Waals surface area (Å²) in [5.74, 6) is 0.359. The van der Waals surface area contributed by atoms with E-state index in [2.05, 4.69) is 58.5 Å². The minimum absolute atomic E-state index is 0.0272. The number of hydrogen-bond donors (Lipinski definition) is 2. The van der Waals surface area contributed by atoms with E-state index in [1.807, 2.05) is 18.2 Å². The van der Waals surface area contributed by atoms with Crippen LogP contribution in [-0.2, 0) is 6.42 Å². The van der Waals surface area contributed by atoms with E-state index >= 15 is 0 Å². The summed E-state index contributed by atoms with van der Waals surface area (Å²) in [4.78, 5) is 26.0. The van der Waals surface area contributed by atoms with Gasteiger partial charge in [-0.05, 0) is 56.8 Å². The Morgan fingerprint density at radius 1 is 1.12 bits per heavy atom. The van der Waals surface area contributed by atoms with Crippen LogP contribution in [0.2, 0.25) is 0 Å². The van der Waals surface area contributed by atoms with Crippen molar-refractivity contribution in [2.24, 2.45) is 0 Å². The molecule has 0 spiro atoms. The third kappa shape index (κ3) is 3.80. The quantitative estimate of drug-likeness (QED) is 0.665. The molecular formula is C25H28N6O. The standard InChI is InChI=1S/C25H28N6O/c1-30(2)20-10-12-31(15-20)19-6-3-16(4-7-19)22-14-28-24(26)23(29-22)18-5-8-21-17(13-18)9-11-27-25(21)32/h3-8,13-14,20H,9-12,15H2,1-2H3,(H2,26,28)(H,27,32)/t20-/m0/s1. The van der Waals surface area contributed by atoms with Crippen molar-refractivity contribution in [3.8, 4) is 22.5 Å². The average molecular weight is 429 g/mol. The topological polar surface area (TPSA) is 87.4 Å². The molecule has 5 rings (SSSR count). The van der Waals surface area contributed by atoms with E-state index in [0.29, 0.717) is 24.1 Å². The van der Waals surface area contributed by atoms with Crippen molar-refractivity contribution < 1.29 is 4.79 Å². The second-order valence-corrected chi connectivity index (χ2v) is 8.77. The van der Waals surface area contributed by atoms with E-state index in [1.54, 1.807) is 6.20 Å². The summed E-state index contributed by atoms with van der Waals surface area (Å²) in [5, 5.41) is 2.87.